The molecule has 11 heteroatoms. The topological polar surface area (TPSA) is 103 Å². The summed E-state index contributed by atoms with van der Waals surface area (Å²) in [5, 5.41) is -0.149. The number of carbonyl (C=O) groups excluding carboxylic acids is 1. The van der Waals surface area contributed by atoms with Gasteiger partial charge in [0, 0.05) is 36.7 Å². The van der Waals surface area contributed by atoms with Crippen LogP contribution >= 0.6 is 11.6 Å². The number of amides is 1. The van der Waals surface area contributed by atoms with Crippen molar-refractivity contribution in [3.8, 4) is 5.75 Å². The summed E-state index contributed by atoms with van der Waals surface area (Å²) in [5.74, 6) is 0.916. The van der Waals surface area contributed by atoms with Crippen LogP contribution in [-0.4, -0.2) is 65.9 Å². The monoisotopic (exact) mass is 688 g/mol. The standard InChI is InChI=1S/C36H49ClN2O7S/c1-24-7-5-9-31(36-44-17-6-18-45-36)30-14-11-27(30)21-39-16-4-3-8-25-19-29(37)13-10-28(25)22-46-33-15-12-26(20-32(33)39)35(40)38-47(41,42)34(24)23-43-2/h10,12-13,15,19-20,24,27,30-31,34,36H,3-9,11,14,16-18,21-23H2,1-2H3,(H,38,40)/t24-,27-,30+,31-,34-/m0/s1. The molecular weight excluding hydrogens is 640 g/mol. The van der Waals surface area contributed by atoms with Gasteiger partial charge in [0.1, 0.15) is 17.6 Å². The van der Waals surface area contributed by atoms with Gasteiger partial charge in [0.05, 0.1) is 25.5 Å². The molecule has 9 nitrogen and oxygen atoms in total. The molecule has 1 saturated carbocycles. The van der Waals surface area contributed by atoms with Crippen molar-refractivity contribution in [2.24, 2.45) is 23.7 Å². The molecule has 0 radical (unpaired) electrons. The average molecular weight is 689 g/mol. The number of hydrogen-bond acceptors (Lipinski definition) is 8. The van der Waals surface area contributed by atoms with E-state index >= 15 is 0 Å². The zero-order valence-corrected chi connectivity index (χ0v) is 29.2. The third kappa shape index (κ3) is 8.10. The van der Waals surface area contributed by atoms with E-state index in [1.807, 2.05) is 25.1 Å². The summed E-state index contributed by atoms with van der Waals surface area (Å²) in [6.45, 7) is 5.32. The van der Waals surface area contributed by atoms with E-state index in [-0.39, 0.29) is 30.3 Å². The van der Waals surface area contributed by atoms with Gasteiger partial charge in [0.15, 0.2) is 6.29 Å². The summed E-state index contributed by atoms with van der Waals surface area (Å²) in [7, 11) is -2.53. The van der Waals surface area contributed by atoms with Crippen molar-refractivity contribution in [2.45, 2.75) is 82.9 Å². The minimum absolute atomic E-state index is 0.00521. The Kier molecular flexibility index (Phi) is 11.3. The van der Waals surface area contributed by atoms with Crippen LogP contribution in [0.1, 0.15) is 79.8 Å². The van der Waals surface area contributed by atoms with E-state index in [0.717, 1.165) is 75.7 Å². The molecular formula is C36H49ClN2O7S. The number of carbonyl (C=O) groups is 1. The fourth-order valence-corrected chi connectivity index (χ4v) is 9.69. The molecule has 47 heavy (non-hydrogen) atoms. The number of anilines is 1. The number of aryl methyl sites for hydroxylation is 1. The zero-order chi connectivity index (χ0) is 33.0. The number of nitrogens with zero attached hydrogens (tertiary/aromatic N) is 1. The molecule has 1 saturated heterocycles. The van der Waals surface area contributed by atoms with Gasteiger partial charge in [0.2, 0.25) is 10.0 Å². The first kappa shape index (κ1) is 34.5. The summed E-state index contributed by atoms with van der Waals surface area (Å²) in [6, 6.07) is 11.2. The molecule has 2 bridgehead atoms. The molecule has 5 atom stereocenters. The first-order chi connectivity index (χ1) is 22.7. The quantitative estimate of drug-likeness (QED) is 0.398. The van der Waals surface area contributed by atoms with E-state index in [9.17, 15) is 13.2 Å². The molecule has 2 aromatic rings. The summed E-state index contributed by atoms with van der Waals surface area (Å²) in [5.41, 5.74) is 3.37. The SMILES string of the molecule is COC[C@H]1[C@@H](C)CCC[C@H](C2OCCCO2)[C@@H]2CC[C@H]2CN2CCCCc3cc(Cl)ccc3COc3ccc(cc32)C(=O)NS1(=O)=O. The van der Waals surface area contributed by atoms with Crippen molar-refractivity contribution < 1.29 is 32.2 Å². The van der Waals surface area contributed by atoms with E-state index in [1.165, 1.54) is 12.7 Å². The molecule has 4 aliphatic rings. The van der Waals surface area contributed by atoms with E-state index in [1.54, 1.807) is 18.2 Å². The van der Waals surface area contributed by atoms with Crippen molar-refractivity contribution in [3.63, 3.8) is 0 Å². The Morgan fingerprint density at radius 1 is 0.957 bits per heavy atom. The second-order valence-corrected chi connectivity index (χ2v) is 16.1. The fourth-order valence-electron chi connectivity index (χ4n) is 7.90. The van der Waals surface area contributed by atoms with Crippen molar-refractivity contribution in [1.29, 1.82) is 0 Å². The summed E-state index contributed by atoms with van der Waals surface area (Å²) < 4.78 is 54.1. The van der Waals surface area contributed by atoms with Gasteiger partial charge < -0.3 is 23.8 Å². The van der Waals surface area contributed by atoms with Crippen LogP contribution in [0.5, 0.6) is 5.75 Å². The van der Waals surface area contributed by atoms with E-state index in [4.69, 9.17) is 30.5 Å². The molecule has 0 unspecified atom stereocenters. The number of ether oxygens (including phenoxy) is 4. The van der Waals surface area contributed by atoms with Gasteiger partial charge in [-0.05, 0) is 111 Å². The molecule has 3 aliphatic heterocycles. The predicted octanol–water partition coefficient (Wildman–Crippen LogP) is 6.36. The molecule has 0 aromatic heterocycles. The van der Waals surface area contributed by atoms with Crippen molar-refractivity contribution in [1.82, 2.24) is 4.72 Å². The summed E-state index contributed by atoms with van der Waals surface area (Å²) >= 11 is 6.36. The number of benzene rings is 2. The van der Waals surface area contributed by atoms with Crippen LogP contribution < -0.4 is 14.4 Å². The van der Waals surface area contributed by atoms with E-state index in [0.29, 0.717) is 48.8 Å². The van der Waals surface area contributed by atoms with Crippen LogP contribution in [0.3, 0.4) is 0 Å². The van der Waals surface area contributed by atoms with E-state index in [2.05, 4.69) is 9.62 Å². The minimum atomic E-state index is -4.03. The largest absolute Gasteiger partial charge is 0.487 e. The van der Waals surface area contributed by atoms with Gasteiger partial charge in [-0.25, -0.2) is 13.1 Å². The molecule has 1 N–H and O–H groups in total. The molecule has 3 heterocycles. The number of nitrogens with one attached hydrogen (secondary N) is 1. The Labute approximate surface area is 284 Å². The van der Waals surface area contributed by atoms with Gasteiger partial charge in [-0.1, -0.05) is 31.0 Å². The highest BCUT2D eigenvalue weighted by Gasteiger charge is 2.43. The second kappa shape index (κ2) is 15.5. The lowest BCUT2D eigenvalue weighted by Gasteiger charge is -2.47. The molecule has 0 spiro atoms. The molecule has 2 fully saturated rings. The van der Waals surface area contributed by atoms with Crippen LogP contribution in [0.25, 0.3) is 0 Å². The first-order valence-electron chi connectivity index (χ1n) is 17.3. The Bertz CT molecular complexity index is 1500. The lowest BCUT2D eigenvalue weighted by Crippen LogP contribution is -2.47. The van der Waals surface area contributed by atoms with Gasteiger partial charge in [-0.15, -0.1) is 0 Å². The van der Waals surface area contributed by atoms with Gasteiger partial charge in [-0.2, -0.15) is 0 Å². The number of rotatable bonds is 3. The third-order valence-corrected chi connectivity index (χ3v) is 12.8. The number of fused-ring (bicyclic) bond motifs is 3. The van der Waals surface area contributed by atoms with Gasteiger partial charge in [0.25, 0.3) is 5.91 Å². The number of halogens is 1. The smallest absolute Gasteiger partial charge is 0.264 e. The number of hydrogen-bond donors (Lipinski definition) is 1. The van der Waals surface area contributed by atoms with E-state index < -0.39 is 21.2 Å². The highest BCUT2D eigenvalue weighted by molar-refractivity contribution is 7.90. The maximum Gasteiger partial charge on any atom is 0.264 e. The Morgan fingerprint density at radius 3 is 2.55 bits per heavy atom. The lowest BCUT2D eigenvalue weighted by molar-refractivity contribution is -0.224. The minimum Gasteiger partial charge on any atom is -0.487 e. The van der Waals surface area contributed by atoms with Crippen molar-refractivity contribution in [2.75, 3.05) is 44.9 Å². The van der Waals surface area contributed by atoms with Crippen LogP contribution in [-0.2, 0) is 37.3 Å². The number of methoxy groups -OCH3 is 1. The maximum atomic E-state index is 13.7. The highest BCUT2D eigenvalue weighted by Crippen LogP contribution is 2.46. The van der Waals surface area contributed by atoms with Crippen LogP contribution in [0.4, 0.5) is 5.69 Å². The van der Waals surface area contributed by atoms with Gasteiger partial charge >= 0.3 is 0 Å². The average Bonchev–Trinajstić information content (AvgIpc) is 3.07. The Hall–Kier alpha value is -2.37. The second-order valence-electron chi connectivity index (χ2n) is 13.8. The molecule has 1 amide bonds. The normalized spacial score (nSPS) is 29.2. The highest BCUT2D eigenvalue weighted by atomic mass is 35.5. The summed E-state index contributed by atoms with van der Waals surface area (Å²) in [4.78, 5) is 16.0. The molecule has 2 aromatic carbocycles. The van der Waals surface area contributed by atoms with Crippen LogP contribution in [0, 0.1) is 23.7 Å². The van der Waals surface area contributed by atoms with Crippen LogP contribution in [0.15, 0.2) is 36.4 Å². The zero-order valence-electron chi connectivity index (χ0n) is 27.6. The first-order valence-corrected chi connectivity index (χ1v) is 19.2. The Morgan fingerprint density at radius 2 is 1.79 bits per heavy atom. The van der Waals surface area contributed by atoms with Crippen molar-refractivity contribution >= 4 is 33.2 Å². The lowest BCUT2D eigenvalue weighted by atomic mass is 9.65. The Balaban J connectivity index is 1.38. The third-order valence-electron chi connectivity index (χ3n) is 10.7. The molecule has 6 rings (SSSR count). The van der Waals surface area contributed by atoms with Crippen molar-refractivity contribution in [3.05, 3.63) is 58.1 Å². The number of sulfonamides is 1. The molecule has 258 valence electrons. The fraction of sp³-hybridized carbons (Fsp3) is 0.639. The van der Waals surface area contributed by atoms with Gasteiger partial charge in [-0.3, -0.25) is 4.79 Å². The maximum absolute atomic E-state index is 13.7. The molecule has 1 aliphatic carbocycles. The summed E-state index contributed by atoms with van der Waals surface area (Å²) in [6.07, 6.45) is 8.16. The predicted molar refractivity (Wildman–Crippen MR) is 182 cm³/mol. The van der Waals surface area contributed by atoms with Crippen LogP contribution in [0.2, 0.25) is 5.02 Å².